The Hall–Kier alpha value is -1.61. The summed E-state index contributed by atoms with van der Waals surface area (Å²) in [5, 5.41) is 20.3. The lowest BCUT2D eigenvalue weighted by Gasteiger charge is -2.09. The summed E-state index contributed by atoms with van der Waals surface area (Å²) in [6.07, 6.45) is 0. The normalized spacial score (nSPS) is 10.8. The molecule has 0 aliphatic rings. The van der Waals surface area contributed by atoms with Crippen LogP contribution in [0.1, 0.15) is 16.8 Å². The molecule has 0 bridgehead atoms. The Bertz CT molecular complexity index is 564. The number of hydrogen-bond acceptors (Lipinski definition) is 2. The number of aromatic nitrogens is 1. The van der Waals surface area contributed by atoms with Crippen molar-refractivity contribution >= 4 is 11.6 Å². The van der Waals surface area contributed by atoms with Crippen molar-refractivity contribution in [1.82, 2.24) is 4.98 Å². The number of H-pyrrole nitrogens is 1. The fourth-order valence-corrected chi connectivity index (χ4v) is 2.48. The number of halogens is 1. The number of rotatable bonds is 1. The molecule has 2 aromatic rings. The van der Waals surface area contributed by atoms with E-state index >= 15 is 0 Å². The topological polar surface area (TPSA) is 56.2 Å². The first-order valence-electron chi connectivity index (χ1n) is 5.29. The van der Waals surface area contributed by atoms with E-state index in [0.29, 0.717) is 21.8 Å². The van der Waals surface area contributed by atoms with Crippen LogP contribution in [0.4, 0.5) is 0 Å². The van der Waals surface area contributed by atoms with Crippen molar-refractivity contribution in [2.24, 2.45) is 0 Å². The molecule has 1 aromatic carbocycles. The second-order valence-corrected chi connectivity index (χ2v) is 4.67. The lowest BCUT2D eigenvalue weighted by atomic mass is 9.99. The Morgan fingerprint density at radius 3 is 2.18 bits per heavy atom. The Balaban J connectivity index is 2.77. The molecule has 3 N–H and O–H groups in total. The molecule has 0 aliphatic carbocycles. The third-order valence-corrected chi connectivity index (χ3v) is 3.11. The second kappa shape index (κ2) is 4.00. The summed E-state index contributed by atoms with van der Waals surface area (Å²) in [7, 11) is 0. The van der Waals surface area contributed by atoms with Gasteiger partial charge in [0.05, 0.1) is 11.3 Å². The molecule has 0 atom stereocenters. The van der Waals surface area contributed by atoms with E-state index in [-0.39, 0.29) is 11.6 Å². The lowest BCUT2D eigenvalue weighted by Crippen LogP contribution is -1.86. The summed E-state index contributed by atoms with van der Waals surface area (Å²) >= 11 is 6.19. The van der Waals surface area contributed by atoms with Crippen LogP contribution in [0.15, 0.2) is 12.1 Å². The van der Waals surface area contributed by atoms with Gasteiger partial charge in [-0.25, -0.2) is 0 Å². The highest BCUT2D eigenvalue weighted by molar-refractivity contribution is 6.33. The van der Waals surface area contributed by atoms with Crippen molar-refractivity contribution in [3.05, 3.63) is 34.0 Å². The minimum atomic E-state index is -0.0612. The van der Waals surface area contributed by atoms with Gasteiger partial charge in [0, 0.05) is 10.6 Å². The SMILES string of the molecule is Cc1cc(C)c(-c2c(O)[nH]c(C)c2O)c(Cl)c1. The van der Waals surface area contributed by atoms with Gasteiger partial charge in [0.15, 0.2) is 0 Å². The van der Waals surface area contributed by atoms with Crippen LogP contribution in [0.3, 0.4) is 0 Å². The zero-order valence-corrected chi connectivity index (χ0v) is 10.7. The van der Waals surface area contributed by atoms with Crippen LogP contribution in [0.5, 0.6) is 11.6 Å². The summed E-state index contributed by atoms with van der Waals surface area (Å²) < 4.78 is 0. The average molecular weight is 252 g/mol. The third kappa shape index (κ3) is 1.87. The molecule has 1 heterocycles. The highest BCUT2D eigenvalue weighted by atomic mass is 35.5. The van der Waals surface area contributed by atoms with Gasteiger partial charge in [-0.15, -0.1) is 0 Å². The molecule has 0 saturated heterocycles. The molecule has 0 aliphatic heterocycles. The van der Waals surface area contributed by atoms with Crippen LogP contribution >= 0.6 is 11.6 Å². The molecule has 1 aromatic heterocycles. The van der Waals surface area contributed by atoms with Crippen molar-refractivity contribution in [1.29, 1.82) is 0 Å². The van der Waals surface area contributed by atoms with Crippen LogP contribution in [0, 0.1) is 20.8 Å². The summed E-state index contributed by atoms with van der Waals surface area (Å²) in [6.45, 7) is 5.54. The number of hydrogen-bond donors (Lipinski definition) is 3. The quantitative estimate of drug-likeness (QED) is 0.724. The number of aromatic amines is 1. The lowest BCUT2D eigenvalue weighted by molar-refractivity contribution is 0.455. The maximum absolute atomic E-state index is 9.94. The number of aromatic hydroxyl groups is 2. The molecule has 3 nitrogen and oxygen atoms in total. The number of nitrogens with one attached hydrogen (secondary N) is 1. The molecule has 0 amide bonds. The van der Waals surface area contributed by atoms with Gasteiger partial charge >= 0.3 is 0 Å². The first kappa shape index (κ1) is 11.9. The van der Waals surface area contributed by atoms with Crippen molar-refractivity contribution < 1.29 is 10.2 Å². The zero-order valence-electron chi connectivity index (χ0n) is 9.93. The average Bonchev–Trinajstić information content (AvgIpc) is 2.43. The molecular weight excluding hydrogens is 238 g/mol. The van der Waals surface area contributed by atoms with E-state index in [1.807, 2.05) is 26.0 Å². The summed E-state index contributed by atoms with van der Waals surface area (Å²) in [6, 6.07) is 3.77. The van der Waals surface area contributed by atoms with Crippen molar-refractivity contribution in [3.63, 3.8) is 0 Å². The van der Waals surface area contributed by atoms with Crippen molar-refractivity contribution in [2.45, 2.75) is 20.8 Å². The molecule has 90 valence electrons. The van der Waals surface area contributed by atoms with Crippen molar-refractivity contribution in [2.75, 3.05) is 0 Å². The predicted octanol–water partition coefficient (Wildman–Crippen LogP) is 3.67. The molecule has 2 rings (SSSR count). The van der Waals surface area contributed by atoms with Gasteiger partial charge in [-0.05, 0) is 38.0 Å². The number of benzene rings is 1. The van der Waals surface area contributed by atoms with Crippen LogP contribution < -0.4 is 0 Å². The predicted molar refractivity (Wildman–Crippen MR) is 68.8 cm³/mol. The molecule has 0 unspecified atom stereocenters. The molecule has 0 saturated carbocycles. The first-order valence-corrected chi connectivity index (χ1v) is 5.67. The Morgan fingerprint density at radius 1 is 1.06 bits per heavy atom. The minimum Gasteiger partial charge on any atom is -0.505 e. The van der Waals surface area contributed by atoms with Gasteiger partial charge in [0.1, 0.15) is 5.75 Å². The van der Waals surface area contributed by atoms with Gasteiger partial charge in [0.25, 0.3) is 0 Å². The van der Waals surface area contributed by atoms with E-state index < -0.39 is 0 Å². The second-order valence-electron chi connectivity index (χ2n) is 4.26. The van der Waals surface area contributed by atoms with Crippen molar-refractivity contribution in [3.8, 4) is 22.8 Å². The van der Waals surface area contributed by atoms with Gasteiger partial charge in [-0.3, -0.25) is 0 Å². The standard InChI is InChI=1S/C13H14ClNO2/c1-6-4-7(2)10(9(14)5-6)11-12(16)8(3)15-13(11)17/h4-5,15-17H,1-3H3. The largest absolute Gasteiger partial charge is 0.505 e. The van der Waals surface area contributed by atoms with E-state index in [2.05, 4.69) is 4.98 Å². The first-order chi connectivity index (χ1) is 7.91. The third-order valence-electron chi connectivity index (χ3n) is 2.82. The van der Waals surface area contributed by atoms with Crippen LogP contribution in [-0.4, -0.2) is 15.2 Å². The van der Waals surface area contributed by atoms with Gasteiger partial charge in [-0.1, -0.05) is 17.7 Å². The van der Waals surface area contributed by atoms with E-state index in [1.165, 1.54) is 0 Å². The Kier molecular flexibility index (Phi) is 2.79. The Morgan fingerprint density at radius 2 is 1.71 bits per heavy atom. The zero-order chi connectivity index (χ0) is 12.7. The van der Waals surface area contributed by atoms with Gasteiger partial charge < -0.3 is 15.2 Å². The van der Waals surface area contributed by atoms with E-state index in [9.17, 15) is 10.2 Å². The van der Waals surface area contributed by atoms with E-state index in [4.69, 9.17) is 11.6 Å². The summed E-state index contributed by atoms with van der Waals surface area (Å²) in [5.41, 5.74) is 3.51. The monoisotopic (exact) mass is 251 g/mol. The molecular formula is C13H14ClNO2. The highest BCUT2D eigenvalue weighted by Crippen LogP contribution is 2.44. The summed E-state index contributed by atoms with van der Waals surface area (Å²) in [4.78, 5) is 2.69. The molecule has 0 spiro atoms. The summed E-state index contributed by atoms with van der Waals surface area (Å²) in [5.74, 6) is -0.0230. The van der Waals surface area contributed by atoms with E-state index in [0.717, 1.165) is 11.1 Å². The van der Waals surface area contributed by atoms with Gasteiger partial charge in [0.2, 0.25) is 5.88 Å². The molecule has 0 fully saturated rings. The maximum atomic E-state index is 9.94. The highest BCUT2D eigenvalue weighted by Gasteiger charge is 2.20. The van der Waals surface area contributed by atoms with Crippen LogP contribution in [0.25, 0.3) is 11.1 Å². The maximum Gasteiger partial charge on any atom is 0.200 e. The van der Waals surface area contributed by atoms with Crippen LogP contribution in [0.2, 0.25) is 5.02 Å². The molecule has 4 heteroatoms. The number of aryl methyl sites for hydroxylation is 3. The Labute approximate surface area is 105 Å². The van der Waals surface area contributed by atoms with E-state index in [1.54, 1.807) is 6.92 Å². The van der Waals surface area contributed by atoms with Crippen LogP contribution in [-0.2, 0) is 0 Å². The molecule has 17 heavy (non-hydrogen) atoms. The fraction of sp³-hybridized carbons (Fsp3) is 0.231. The fourth-order valence-electron chi connectivity index (χ4n) is 2.07. The minimum absolute atomic E-state index is 0.0383. The molecule has 0 radical (unpaired) electrons. The smallest absolute Gasteiger partial charge is 0.200 e. The van der Waals surface area contributed by atoms with Gasteiger partial charge in [-0.2, -0.15) is 0 Å².